The van der Waals surface area contributed by atoms with Crippen LogP contribution < -0.4 is 14.4 Å². The molecule has 0 aliphatic rings. The van der Waals surface area contributed by atoms with Crippen LogP contribution in [0.2, 0.25) is 5.02 Å². The third-order valence-corrected chi connectivity index (χ3v) is 5.70. The summed E-state index contributed by atoms with van der Waals surface area (Å²) in [6.07, 6.45) is 3.40. The fraction of sp³-hybridized carbons (Fsp3) is 0.381. The molecule has 0 radical (unpaired) electrons. The summed E-state index contributed by atoms with van der Waals surface area (Å²) < 4.78 is 30.9. The Morgan fingerprint density at radius 2 is 1.83 bits per heavy atom. The Balaban J connectivity index is 1.91. The molecule has 0 heterocycles. The van der Waals surface area contributed by atoms with Crippen LogP contribution in [0.25, 0.3) is 0 Å². The van der Waals surface area contributed by atoms with Crippen molar-refractivity contribution >= 4 is 33.2 Å². The lowest BCUT2D eigenvalue weighted by atomic mass is 10.1. The molecule has 0 aromatic heterocycles. The Morgan fingerprint density at radius 3 is 2.45 bits per heavy atom. The van der Waals surface area contributed by atoms with Gasteiger partial charge in [-0.25, -0.2) is 8.42 Å². The third kappa shape index (κ3) is 7.59. The van der Waals surface area contributed by atoms with E-state index < -0.39 is 10.0 Å². The van der Waals surface area contributed by atoms with Gasteiger partial charge in [-0.1, -0.05) is 36.7 Å². The van der Waals surface area contributed by atoms with Crippen molar-refractivity contribution < 1.29 is 17.9 Å². The van der Waals surface area contributed by atoms with Crippen LogP contribution >= 0.6 is 11.6 Å². The summed E-state index contributed by atoms with van der Waals surface area (Å²) >= 11 is 6.12. The number of rotatable bonds is 11. The quantitative estimate of drug-likeness (QED) is 0.543. The second kappa shape index (κ2) is 11.1. The monoisotopic (exact) mass is 438 g/mol. The first kappa shape index (κ1) is 23.0. The second-order valence-electron chi connectivity index (χ2n) is 6.66. The number of nitrogens with zero attached hydrogens (tertiary/aromatic N) is 1. The zero-order valence-corrected chi connectivity index (χ0v) is 18.3. The minimum Gasteiger partial charge on any atom is -0.494 e. The second-order valence-corrected chi connectivity index (χ2v) is 8.97. The highest BCUT2D eigenvalue weighted by molar-refractivity contribution is 7.92. The summed E-state index contributed by atoms with van der Waals surface area (Å²) in [6, 6.07) is 14.2. The van der Waals surface area contributed by atoms with Crippen LogP contribution in [0.4, 0.5) is 5.69 Å². The van der Waals surface area contributed by atoms with Crippen molar-refractivity contribution in [2.24, 2.45) is 0 Å². The number of sulfonamides is 1. The van der Waals surface area contributed by atoms with Gasteiger partial charge in [0.2, 0.25) is 15.9 Å². The summed E-state index contributed by atoms with van der Waals surface area (Å²) in [5, 5.41) is 3.47. The van der Waals surface area contributed by atoms with Gasteiger partial charge in [-0.3, -0.25) is 9.10 Å². The highest BCUT2D eigenvalue weighted by atomic mass is 35.5. The van der Waals surface area contributed by atoms with Crippen LogP contribution in [0.15, 0.2) is 48.5 Å². The maximum absolute atomic E-state index is 12.3. The van der Waals surface area contributed by atoms with Crippen LogP contribution in [0, 0.1) is 0 Å². The maximum atomic E-state index is 12.3. The molecule has 8 heteroatoms. The van der Waals surface area contributed by atoms with Crippen molar-refractivity contribution in [2.75, 3.05) is 30.3 Å². The van der Waals surface area contributed by atoms with Crippen LogP contribution in [0.1, 0.15) is 25.3 Å². The predicted molar refractivity (Wildman–Crippen MR) is 117 cm³/mol. The average molecular weight is 439 g/mol. The van der Waals surface area contributed by atoms with Crippen molar-refractivity contribution in [2.45, 2.75) is 26.2 Å². The highest BCUT2D eigenvalue weighted by Crippen LogP contribution is 2.21. The number of hydrogen-bond acceptors (Lipinski definition) is 4. The number of amides is 1. The van der Waals surface area contributed by atoms with Crippen molar-refractivity contribution in [1.29, 1.82) is 0 Å². The largest absolute Gasteiger partial charge is 0.494 e. The third-order valence-electron chi connectivity index (χ3n) is 4.19. The molecular formula is C21H27ClN2O4S. The van der Waals surface area contributed by atoms with E-state index in [-0.39, 0.29) is 12.5 Å². The predicted octanol–water partition coefficient (Wildman–Crippen LogP) is 3.64. The minimum absolute atomic E-state index is 0.278. The number of carbonyl (C=O) groups excluding carboxylic acids is 1. The SMILES string of the molecule is CCCOc1ccc(N(CC(=O)NCCCc2ccccc2Cl)S(C)(=O)=O)cc1. The van der Waals surface area contributed by atoms with Crippen LogP contribution in [0.5, 0.6) is 5.75 Å². The minimum atomic E-state index is -3.61. The van der Waals surface area contributed by atoms with E-state index in [4.69, 9.17) is 16.3 Å². The molecule has 29 heavy (non-hydrogen) atoms. The number of anilines is 1. The molecule has 0 saturated heterocycles. The molecule has 2 rings (SSSR count). The number of nitrogens with one attached hydrogen (secondary N) is 1. The molecule has 2 aromatic rings. The van der Waals surface area contributed by atoms with Crippen LogP contribution in [-0.2, 0) is 21.2 Å². The number of hydrogen-bond donors (Lipinski definition) is 1. The van der Waals surface area contributed by atoms with Crippen molar-refractivity contribution in [1.82, 2.24) is 5.32 Å². The number of halogens is 1. The lowest BCUT2D eigenvalue weighted by molar-refractivity contribution is -0.119. The molecule has 0 aliphatic heterocycles. The van der Waals surface area contributed by atoms with Gasteiger partial charge in [-0.2, -0.15) is 0 Å². The van der Waals surface area contributed by atoms with Gasteiger partial charge in [-0.05, 0) is 55.2 Å². The molecule has 6 nitrogen and oxygen atoms in total. The summed E-state index contributed by atoms with van der Waals surface area (Å²) in [5.74, 6) is 0.300. The van der Waals surface area contributed by atoms with Crippen molar-refractivity contribution in [3.63, 3.8) is 0 Å². The van der Waals surface area contributed by atoms with E-state index in [1.807, 2.05) is 31.2 Å². The Hall–Kier alpha value is -2.25. The fourth-order valence-corrected chi connectivity index (χ4v) is 3.81. The van der Waals surface area contributed by atoms with Gasteiger partial charge in [0.1, 0.15) is 12.3 Å². The number of carbonyl (C=O) groups is 1. The van der Waals surface area contributed by atoms with Gasteiger partial charge < -0.3 is 10.1 Å². The van der Waals surface area contributed by atoms with E-state index in [0.717, 1.165) is 29.0 Å². The molecule has 0 spiro atoms. The van der Waals surface area contributed by atoms with E-state index in [2.05, 4.69) is 5.32 Å². The van der Waals surface area contributed by atoms with Crippen molar-refractivity contribution in [3.05, 3.63) is 59.1 Å². The summed E-state index contributed by atoms with van der Waals surface area (Å²) in [6.45, 7) is 2.75. The molecule has 2 aromatic carbocycles. The molecular weight excluding hydrogens is 412 g/mol. The van der Waals surface area contributed by atoms with Crippen molar-refractivity contribution in [3.8, 4) is 5.75 Å². The van der Waals surface area contributed by atoms with E-state index >= 15 is 0 Å². The molecule has 0 atom stereocenters. The highest BCUT2D eigenvalue weighted by Gasteiger charge is 2.20. The van der Waals surface area contributed by atoms with E-state index in [0.29, 0.717) is 36.0 Å². The Labute approximate surface area is 177 Å². The van der Waals surface area contributed by atoms with Gasteiger partial charge in [-0.15, -0.1) is 0 Å². The molecule has 0 unspecified atom stereocenters. The van der Waals surface area contributed by atoms with E-state index in [1.165, 1.54) is 0 Å². The fourth-order valence-electron chi connectivity index (χ4n) is 2.72. The molecule has 0 fully saturated rings. The Bertz CT molecular complexity index is 901. The molecule has 158 valence electrons. The molecule has 0 aliphatic carbocycles. The number of aryl methyl sites for hydroxylation is 1. The van der Waals surface area contributed by atoms with Crippen LogP contribution in [-0.4, -0.2) is 40.3 Å². The Morgan fingerprint density at radius 1 is 1.14 bits per heavy atom. The van der Waals surface area contributed by atoms with Gasteiger partial charge in [0.05, 0.1) is 18.6 Å². The molecule has 1 N–H and O–H groups in total. The number of ether oxygens (including phenoxy) is 1. The first-order valence-electron chi connectivity index (χ1n) is 9.52. The van der Waals surface area contributed by atoms with Gasteiger partial charge >= 0.3 is 0 Å². The first-order valence-corrected chi connectivity index (χ1v) is 11.7. The summed E-state index contributed by atoms with van der Waals surface area (Å²) in [4.78, 5) is 12.3. The number of benzene rings is 2. The first-order chi connectivity index (χ1) is 13.8. The van der Waals surface area contributed by atoms with Gasteiger partial charge in [0.25, 0.3) is 0 Å². The maximum Gasteiger partial charge on any atom is 0.240 e. The average Bonchev–Trinajstić information content (AvgIpc) is 2.69. The molecule has 1 amide bonds. The zero-order chi connectivity index (χ0) is 21.3. The smallest absolute Gasteiger partial charge is 0.240 e. The molecule has 0 saturated carbocycles. The molecule has 0 bridgehead atoms. The standard InChI is InChI=1S/C21H27ClN2O4S/c1-3-15-28-19-12-10-18(11-13-19)24(29(2,26)27)16-21(25)23-14-6-8-17-7-4-5-9-20(17)22/h4-5,7,9-13H,3,6,8,14-16H2,1-2H3,(H,23,25). The van der Waals surface area contributed by atoms with E-state index in [1.54, 1.807) is 24.3 Å². The normalized spacial score (nSPS) is 11.1. The summed E-state index contributed by atoms with van der Waals surface area (Å²) in [5.41, 5.74) is 1.44. The Kier molecular flexibility index (Phi) is 8.79. The summed E-state index contributed by atoms with van der Waals surface area (Å²) in [7, 11) is -3.61. The topological polar surface area (TPSA) is 75.7 Å². The van der Waals surface area contributed by atoms with Gasteiger partial charge in [0, 0.05) is 11.6 Å². The lowest BCUT2D eigenvalue weighted by Gasteiger charge is -2.22. The lowest BCUT2D eigenvalue weighted by Crippen LogP contribution is -2.40. The zero-order valence-electron chi connectivity index (χ0n) is 16.7. The van der Waals surface area contributed by atoms with Crippen LogP contribution in [0.3, 0.4) is 0 Å². The van der Waals surface area contributed by atoms with E-state index in [9.17, 15) is 13.2 Å². The van der Waals surface area contributed by atoms with Gasteiger partial charge in [0.15, 0.2) is 0 Å².